The highest BCUT2D eigenvalue weighted by molar-refractivity contribution is 6.35. The van der Waals surface area contributed by atoms with E-state index in [4.69, 9.17) is 16.0 Å². The van der Waals surface area contributed by atoms with Crippen LogP contribution in [-0.2, 0) is 6.42 Å². The Bertz CT molecular complexity index is 526. The van der Waals surface area contributed by atoms with Crippen molar-refractivity contribution < 1.29 is 9.21 Å². The Hall–Kier alpha value is -1.28. The van der Waals surface area contributed by atoms with Gasteiger partial charge in [-0.3, -0.25) is 4.79 Å². The van der Waals surface area contributed by atoms with Gasteiger partial charge in [0.2, 0.25) is 0 Å². The molecule has 0 atom stereocenters. The largest absolute Gasteiger partial charge is 0.451 e. The lowest BCUT2D eigenvalue weighted by atomic mass is 10.1. The van der Waals surface area contributed by atoms with Crippen LogP contribution in [0.2, 0.25) is 5.02 Å². The summed E-state index contributed by atoms with van der Waals surface area (Å²) in [6, 6.07) is 5.61. The summed E-state index contributed by atoms with van der Waals surface area (Å²) in [4.78, 5) is 11.1. The molecule has 1 heterocycles. The quantitative estimate of drug-likeness (QED) is 0.723. The van der Waals surface area contributed by atoms with Crippen LogP contribution in [0, 0.1) is 0 Å². The van der Waals surface area contributed by atoms with Crippen molar-refractivity contribution in [3.63, 3.8) is 0 Å². The lowest BCUT2D eigenvalue weighted by Crippen LogP contribution is -1.85. The second-order valence-electron chi connectivity index (χ2n) is 3.52. The maximum Gasteiger partial charge on any atom is 0.194 e. The second kappa shape index (κ2) is 3.70. The van der Waals surface area contributed by atoms with E-state index in [9.17, 15) is 4.79 Å². The van der Waals surface area contributed by atoms with Gasteiger partial charge in [0.25, 0.3) is 0 Å². The number of carbonyl (C=O) groups excluding carboxylic acids is 1. The van der Waals surface area contributed by atoms with Crippen LogP contribution in [0.5, 0.6) is 0 Å². The van der Waals surface area contributed by atoms with Gasteiger partial charge in [-0.1, -0.05) is 18.5 Å². The van der Waals surface area contributed by atoms with Gasteiger partial charge < -0.3 is 4.42 Å². The van der Waals surface area contributed by atoms with E-state index >= 15 is 0 Å². The number of halogens is 1. The van der Waals surface area contributed by atoms with E-state index in [0.717, 1.165) is 17.4 Å². The second-order valence-corrected chi connectivity index (χ2v) is 3.92. The monoisotopic (exact) mass is 222 g/mol. The minimum Gasteiger partial charge on any atom is -0.451 e. The molecule has 1 aromatic carbocycles. The molecule has 15 heavy (non-hydrogen) atoms. The number of benzene rings is 1. The first-order valence-electron chi connectivity index (χ1n) is 4.84. The fraction of sp³-hybridized carbons (Fsp3) is 0.250. The Balaban J connectivity index is 2.69. The molecule has 2 aromatic rings. The minimum atomic E-state index is -0.0830. The molecule has 1 aromatic heterocycles. The summed E-state index contributed by atoms with van der Waals surface area (Å²) in [7, 11) is 0. The SMILES string of the molecule is CCc1cc(Cl)c2oc(C(C)=O)cc2c1. The smallest absolute Gasteiger partial charge is 0.194 e. The fourth-order valence-electron chi connectivity index (χ4n) is 1.55. The Labute approximate surface area is 92.8 Å². The summed E-state index contributed by atoms with van der Waals surface area (Å²) < 4.78 is 5.38. The van der Waals surface area contributed by atoms with Crippen LogP contribution in [0.4, 0.5) is 0 Å². The summed E-state index contributed by atoms with van der Waals surface area (Å²) in [5.41, 5.74) is 1.74. The van der Waals surface area contributed by atoms with Gasteiger partial charge >= 0.3 is 0 Å². The van der Waals surface area contributed by atoms with Crippen molar-refractivity contribution in [3.8, 4) is 0 Å². The highest BCUT2D eigenvalue weighted by atomic mass is 35.5. The van der Waals surface area contributed by atoms with Gasteiger partial charge in [-0.2, -0.15) is 0 Å². The zero-order valence-corrected chi connectivity index (χ0v) is 9.39. The van der Waals surface area contributed by atoms with Crippen LogP contribution < -0.4 is 0 Å². The Morgan fingerprint density at radius 2 is 2.13 bits per heavy atom. The number of Topliss-reactive ketones (excluding diaryl/α,β-unsaturated/α-hetero) is 1. The average molecular weight is 223 g/mol. The predicted molar refractivity (Wildman–Crippen MR) is 60.6 cm³/mol. The lowest BCUT2D eigenvalue weighted by Gasteiger charge is -1.97. The summed E-state index contributed by atoms with van der Waals surface area (Å²) >= 11 is 6.05. The molecule has 3 heteroatoms. The molecule has 0 aliphatic carbocycles. The van der Waals surface area contributed by atoms with Gasteiger partial charge in [0, 0.05) is 12.3 Å². The van der Waals surface area contributed by atoms with Gasteiger partial charge in [-0.05, 0) is 30.2 Å². The van der Waals surface area contributed by atoms with Gasteiger partial charge in [0.1, 0.15) is 0 Å². The first-order valence-corrected chi connectivity index (χ1v) is 5.22. The molecule has 0 bridgehead atoms. The number of fused-ring (bicyclic) bond motifs is 1. The van der Waals surface area contributed by atoms with E-state index in [1.54, 1.807) is 6.07 Å². The number of hydrogen-bond donors (Lipinski definition) is 0. The molecule has 0 aliphatic heterocycles. The molecule has 0 fully saturated rings. The highest BCUT2D eigenvalue weighted by Gasteiger charge is 2.11. The summed E-state index contributed by atoms with van der Waals surface area (Å²) in [6.07, 6.45) is 0.913. The summed E-state index contributed by atoms with van der Waals surface area (Å²) in [6.45, 7) is 3.54. The van der Waals surface area contributed by atoms with Crippen LogP contribution in [0.25, 0.3) is 11.0 Å². The summed E-state index contributed by atoms with van der Waals surface area (Å²) in [5, 5.41) is 1.46. The van der Waals surface area contributed by atoms with Gasteiger partial charge in [-0.25, -0.2) is 0 Å². The van der Waals surface area contributed by atoms with E-state index in [2.05, 4.69) is 6.92 Å². The highest BCUT2D eigenvalue weighted by Crippen LogP contribution is 2.28. The minimum absolute atomic E-state index is 0.0830. The molecule has 0 saturated heterocycles. The molecule has 0 spiro atoms. The van der Waals surface area contributed by atoms with Crippen molar-refractivity contribution in [2.75, 3.05) is 0 Å². The van der Waals surface area contributed by atoms with Crippen LogP contribution in [0.15, 0.2) is 22.6 Å². The zero-order chi connectivity index (χ0) is 11.0. The molecule has 2 nitrogen and oxygen atoms in total. The van der Waals surface area contributed by atoms with Crippen LogP contribution in [-0.4, -0.2) is 5.78 Å². The van der Waals surface area contributed by atoms with Gasteiger partial charge in [-0.15, -0.1) is 0 Å². The Kier molecular flexibility index (Phi) is 2.53. The predicted octanol–water partition coefficient (Wildman–Crippen LogP) is 3.85. The summed E-state index contributed by atoms with van der Waals surface area (Å²) in [5.74, 6) is 0.278. The molecule has 2 rings (SSSR count). The zero-order valence-electron chi connectivity index (χ0n) is 8.63. The maximum atomic E-state index is 11.1. The molecule has 78 valence electrons. The third-order valence-corrected chi connectivity index (χ3v) is 2.67. The van der Waals surface area contributed by atoms with Crippen molar-refractivity contribution in [1.82, 2.24) is 0 Å². The van der Waals surface area contributed by atoms with E-state index in [-0.39, 0.29) is 5.78 Å². The van der Waals surface area contributed by atoms with E-state index in [1.807, 2.05) is 12.1 Å². The molecule has 0 N–H and O–H groups in total. The number of furan rings is 1. The molecular formula is C12H11ClO2. The van der Waals surface area contributed by atoms with Crippen molar-refractivity contribution in [3.05, 3.63) is 34.5 Å². The Morgan fingerprint density at radius 3 is 2.73 bits per heavy atom. The number of ketones is 1. The van der Waals surface area contributed by atoms with Crippen LogP contribution in [0.3, 0.4) is 0 Å². The molecular weight excluding hydrogens is 212 g/mol. The molecule has 0 saturated carbocycles. The molecule has 0 amide bonds. The average Bonchev–Trinajstić information content (AvgIpc) is 2.61. The maximum absolute atomic E-state index is 11.1. The standard InChI is InChI=1S/C12H11ClO2/c1-3-8-4-9-6-11(7(2)14)15-12(9)10(13)5-8/h4-6H,3H2,1-2H3. The van der Waals surface area contributed by atoms with E-state index in [0.29, 0.717) is 16.4 Å². The van der Waals surface area contributed by atoms with Crippen molar-refractivity contribution in [2.45, 2.75) is 20.3 Å². The van der Waals surface area contributed by atoms with E-state index < -0.39 is 0 Å². The normalized spacial score (nSPS) is 10.9. The van der Waals surface area contributed by atoms with Gasteiger partial charge in [0.05, 0.1) is 5.02 Å². The third kappa shape index (κ3) is 1.77. The first kappa shape index (κ1) is 10.2. The molecule has 0 radical (unpaired) electrons. The molecule has 0 aliphatic rings. The van der Waals surface area contributed by atoms with E-state index in [1.165, 1.54) is 6.92 Å². The van der Waals surface area contributed by atoms with Gasteiger partial charge in [0.15, 0.2) is 17.1 Å². The lowest BCUT2D eigenvalue weighted by molar-refractivity contribution is 0.0989. The van der Waals surface area contributed by atoms with Crippen molar-refractivity contribution in [1.29, 1.82) is 0 Å². The number of hydrogen-bond acceptors (Lipinski definition) is 2. The van der Waals surface area contributed by atoms with Crippen LogP contribution >= 0.6 is 11.6 Å². The van der Waals surface area contributed by atoms with Crippen molar-refractivity contribution >= 4 is 28.4 Å². The number of aryl methyl sites for hydroxylation is 1. The topological polar surface area (TPSA) is 30.2 Å². The number of carbonyl (C=O) groups is 1. The third-order valence-electron chi connectivity index (χ3n) is 2.39. The molecule has 0 unspecified atom stereocenters. The first-order chi connectivity index (χ1) is 7.11. The van der Waals surface area contributed by atoms with Crippen LogP contribution in [0.1, 0.15) is 30.0 Å². The fourth-order valence-corrected chi connectivity index (χ4v) is 1.83. The number of rotatable bonds is 2. The Morgan fingerprint density at radius 1 is 1.40 bits per heavy atom. The van der Waals surface area contributed by atoms with Crippen molar-refractivity contribution in [2.24, 2.45) is 0 Å².